The molecule has 2 saturated heterocycles. The Morgan fingerprint density at radius 1 is 1.29 bits per heavy atom. The molecule has 0 atom stereocenters. The van der Waals surface area contributed by atoms with E-state index in [0.29, 0.717) is 18.5 Å². The highest BCUT2D eigenvalue weighted by Crippen LogP contribution is 2.36. The quantitative estimate of drug-likeness (QED) is 0.482. The van der Waals surface area contributed by atoms with Crippen LogP contribution in [0.5, 0.6) is 5.75 Å². The zero-order chi connectivity index (χ0) is 22.7. The maximum absolute atomic E-state index is 13.3. The molecule has 1 amide bonds. The molecule has 0 aromatic carbocycles. The number of amides is 1. The zero-order valence-electron chi connectivity index (χ0n) is 16.6. The fraction of sp³-hybridized carbons (Fsp3) is 0.667. The van der Waals surface area contributed by atoms with Crippen LogP contribution in [0.3, 0.4) is 0 Å². The van der Waals surface area contributed by atoms with E-state index in [1.807, 2.05) is 0 Å². The number of rotatable bonds is 6. The highest BCUT2D eigenvalue weighted by Gasteiger charge is 2.54. The van der Waals surface area contributed by atoms with Crippen LogP contribution in [-0.4, -0.2) is 72.7 Å². The molecule has 174 valence electrons. The van der Waals surface area contributed by atoms with Crippen LogP contribution in [0.2, 0.25) is 0 Å². The summed E-state index contributed by atoms with van der Waals surface area (Å²) >= 11 is 0. The van der Waals surface area contributed by atoms with Gasteiger partial charge < -0.3 is 9.47 Å². The number of ether oxygens (including phenoxy) is 2. The van der Waals surface area contributed by atoms with Crippen molar-refractivity contribution in [3.05, 3.63) is 24.0 Å². The molecule has 2 aliphatic rings. The normalized spacial score (nSPS) is 20.9. The highest BCUT2D eigenvalue weighted by atomic mass is 32.2. The molecule has 0 bridgehead atoms. The summed E-state index contributed by atoms with van der Waals surface area (Å²) in [6.07, 6.45) is -2.46. The topological polar surface area (TPSA) is 118 Å². The van der Waals surface area contributed by atoms with Gasteiger partial charge in [0.1, 0.15) is 5.75 Å². The van der Waals surface area contributed by atoms with E-state index in [4.69, 9.17) is 9.94 Å². The number of alkyl halides is 3. The number of halogens is 3. The van der Waals surface area contributed by atoms with Gasteiger partial charge in [-0.3, -0.25) is 15.0 Å². The molecule has 0 aliphatic carbocycles. The number of carbonyl (C=O) groups is 1. The maximum Gasteiger partial charge on any atom is 0.422 e. The highest BCUT2D eigenvalue weighted by molar-refractivity contribution is 7.91. The monoisotopic (exact) mass is 467 g/mol. The lowest BCUT2D eigenvalue weighted by Crippen LogP contribution is -2.60. The summed E-state index contributed by atoms with van der Waals surface area (Å²) in [5.74, 6) is -1.05. The Morgan fingerprint density at radius 2 is 1.94 bits per heavy atom. The molecule has 0 unspecified atom stereocenters. The number of pyridine rings is 1. The lowest BCUT2D eigenvalue weighted by Gasteiger charge is -2.40. The van der Waals surface area contributed by atoms with E-state index in [0.717, 1.165) is 0 Å². The van der Waals surface area contributed by atoms with Crippen LogP contribution in [0, 0.1) is 0 Å². The minimum Gasteiger partial charge on any atom is -0.483 e. The van der Waals surface area contributed by atoms with Gasteiger partial charge in [-0.25, -0.2) is 18.2 Å². The van der Waals surface area contributed by atoms with E-state index >= 15 is 0 Å². The number of carbonyl (C=O) groups excluding carboxylic acids is 1. The smallest absolute Gasteiger partial charge is 0.422 e. The van der Waals surface area contributed by atoms with Crippen molar-refractivity contribution in [1.29, 1.82) is 0 Å². The Labute approximate surface area is 177 Å². The van der Waals surface area contributed by atoms with Crippen molar-refractivity contribution >= 4 is 15.9 Å². The predicted molar refractivity (Wildman–Crippen MR) is 101 cm³/mol. The number of hydrogen-bond donors (Lipinski definition) is 2. The maximum atomic E-state index is 13.3. The molecule has 1 aromatic heterocycles. The van der Waals surface area contributed by atoms with E-state index in [2.05, 4.69) is 9.72 Å². The third kappa shape index (κ3) is 5.10. The van der Waals surface area contributed by atoms with E-state index in [-0.39, 0.29) is 50.8 Å². The summed E-state index contributed by atoms with van der Waals surface area (Å²) in [4.78, 5) is 16.5. The Bertz CT molecular complexity index is 865. The first kappa shape index (κ1) is 23.7. The van der Waals surface area contributed by atoms with Crippen LogP contribution in [0.4, 0.5) is 13.2 Å². The van der Waals surface area contributed by atoms with Crippen molar-refractivity contribution in [3.63, 3.8) is 0 Å². The van der Waals surface area contributed by atoms with Crippen LogP contribution >= 0.6 is 0 Å². The molecule has 13 heteroatoms. The zero-order valence-corrected chi connectivity index (χ0v) is 17.4. The van der Waals surface area contributed by atoms with Crippen LogP contribution < -0.4 is 10.2 Å². The van der Waals surface area contributed by atoms with Gasteiger partial charge in [-0.2, -0.15) is 13.2 Å². The number of hydroxylamine groups is 1. The molecule has 0 saturated carbocycles. The van der Waals surface area contributed by atoms with Gasteiger partial charge in [0.15, 0.2) is 11.4 Å². The van der Waals surface area contributed by atoms with Gasteiger partial charge in [0, 0.05) is 50.8 Å². The molecule has 31 heavy (non-hydrogen) atoms. The van der Waals surface area contributed by atoms with E-state index in [9.17, 15) is 26.4 Å². The number of aromatic nitrogens is 1. The Hall–Kier alpha value is -1.96. The first-order valence-corrected chi connectivity index (χ1v) is 11.2. The third-order valence-electron chi connectivity index (χ3n) is 5.68. The SMILES string of the molecule is O=C(NO)C1(S(=O)(=O)N2CCC(c3ccc(OCC(F)(F)F)cn3)CC2)CCOCC1. The van der Waals surface area contributed by atoms with Gasteiger partial charge in [-0.1, -0.05) is 0 Å². The molecule has 2 fully saturated rings. The molecule has 3 heterocycles. The van der Waals surface area contributed by atoms with Gasteiger partial charge in [-0.05, 0) is 25.0 Å². The Kier molecular flexibility index (Phi) is 7.08. The van der Waals surface area contributed by atoms with Gasteiger partial charge in [0.2, 0.25) is 10.0 Å². The molecular weight excluding hydrogens is 443 g/mol. The lowest BCUT2D eigenvalue weighted by molar-refractivity contribution is -0.153. The van der Waals surface area contributed by atoms with Crippen molar-refractivity contribution in [2.24, 2.45) is 0 Å². The van der Waals surface area contributed by atoms with Crippen molar-refractivity contribution < 1.29 is 41.1 Å². The van der Waals surface area contributed by atoms with Crippen LogP contribution in [0.25, 0.3) is 0 Å². The summed E-state index contributed by atoms with van der Waals surface area (Å²) in [6, 6.07) is 2.97. The number of nitrogens with one attached hydrogen (secondary N) is 1. The summed E-state index contributed by atoms with van der Waals surface area (Å²) < 4.78 is 72.6. The molecule has 2 N–H and O–H groups in total. The fourth-order valence-corrected chi connectivity index (χ4v) is 6.08. The van der Waals surface area contributed by atoms with E-state index in [1.54, 1.807) is 6.07 Å². The second-order valence-corrected chi connectivity index (χ2v) is 9.80. The van der Waals surface area contributed by atoms with Crippen LogP contribution in [0.15, 0.2) is 18.3 Å². The second-order valence-electron chi connectivity index (χ2n) is 7.55. The van der Waals surface area contributed by atoms with Gasteiger partial charge >= 0.3 is 6.18 Å². The fourth-order valence-electron chi connectivity index (χ4n) is 3.93. The first-order valence-electron chi connectivity index (χ1n) is 9.76. The molecule has 0 radical (unpaired) electrons. The number of nitrogens with zero attached hydrogens (tertiary/aromatic N) is 2. The number of sulfonamides is 1. The summed E-state index contributed by atoms with van der Waals surface area (Å²) in [7, 11) is -4.06. The van der Waals surface area contributed by atoms with E-state index in [1.165, 1.54) is 22.0 Å². The van der Waals surface area contributed by atoms with Crippen molar-refractivity contribution in [3.8, 4) is 5.75 Å². The molecule has 0 spiro atoms. The third-order valence-corrected chi connectivity index (χ3v) is 8.31. The average Bonchev–Trinajstić information content (AvgIpc) is 2.77. The van der Waals surface area contributed by atoms with Gasteiger partial charge in [0.05, 0.1) is 6.20 Å². The Morgan fingerprint density at radius 3 is 2.45 bits per heavy atom. The van der Waals surface area contributed by atoms with Gasteiger partial charge in [-0.15, -0.1) is 0 Å². The molecular formula is C18H24F3N3O6S. The number of hydrogen-bond acceptors (Lipinski definition) is 7. The minimum absolute atomic E-state index is 0.00226. The van der Waals surface area contributed by atoms with Crippen molar-refractivity contribution in [2.45, 2.75) is 42.5 Å². The first-order chi connectivity index (χ1) is 14.6. The van der Waals surface area contributed by atoms with Crippen LogP contribution in [-0.2, 0) is 19.6 Å². The second kappa shape index (κ2) is 9.27. The summed E-state index contributed by atoms with van der Waals surface area (Å²) in [5, 5.41) is 9.11. The minimum atomic E-state index is -4.44. The summed E-state index contributed by atoms with van der Waals surface area (Å²) in [5.41, 5.74) is 2.12. The van der Waals surface area contributed by atoms with Gasteiger partial charge in [0.25, 0.3) is 5.91 Å². The van der Waals surface area contributed by atoms with Crippen molar-refractivity contribution in [1.82, 2.24) is 14.8 Å². The average molecular weight is 467 g/mol. The molecule has 1 aromatic rings. The number of piperidine rings is 1. The van der Waals surface area contributed by atoms with E-state index < -0.39 is 33.5 Å². The molecule has 9 nitrogen and oxygen atoms in total. The summed E-state index contributed by atoms with van der Waals surface area (Å²) in [6.45, 7) is -0.908. The Balaban J connectivity index is 1.65. The van der Waals surface area contributed by atoms with Crippen molar-refractivity contribution in [2.75, 3.05) is 32.9 Å². The standard InChI is InChI=1S/C18H24F3N3O6S/c19-18(20,21)12-30-14-1-2-15(22-11-14)13-3-7-24(8-4-13)31(27,28)17(16(25)23-26)5-9-29-10-6-17/h1-2,11,13,26H,3-10,12H2,(H,23,25). The molecule has 2 aliphatic heterocycles. The largest absolute Gasteiger partial charge is 0.483 e. The lowest BCUT2D eigenvalue weighted by atomic mass is 9.94. The predicted octanol–water partition coefficient (Wildman–Crippen LogP) is 1.59. The molecule has 3 rings (SSSR count). The van der Waals surface area contributed by atoms with Crippen LogP contribution in [0.1, 0.15) is 37.3 Å².